The van der Waals surface area contributed by atoms with Crippen molar-refractivity contribution in [2.45, 2.75) is 89.9 Å². The third-order valence-corrected chi connectivity index (χ3v) is 10.6. The molecule has 3 saturated carbocycles. The van der Waals surface area contributed by atoms with Crippen LogP contribution >= 0.6 is 11.6 Å². The summed E-state index contributed by atoms with van der Waals surface area (Å²) in [7, 11) is 0. The van der Waals surface area contributed by atoms with Gasteiger partial charge in [0.15, 0.2) is 0 Å². The maximum absolute atomic E-state index is 12.8. The van der Waals surface area contributed by atoms with Crippen molar-refractivity contribution in [2.75, 3.05) is 0 Å². The van der Waals surface area contributed by atoms with E-state index in [0.717, 1.165) is 44.9 Å². The van der Waals surface area contributed by atoms with Gasteiger partial charge in [-0.25, -0.2) is 4.79 Å². The van der Waals surface area contributed by atoms with Crippen LogP contribution in [-0.2, 0) is 4.74 Å². The fourth-order valence-electron chi connectivity index (χ4n) is 8.27. The first kappa shape index (κ1) is 23.4. The van der Waals surface area contributed by atoms with Crippen molar-refractivity contribution in [1.29, 1.82) is 0 Å². The lowest BCUT2D eigenvalue weighted by Gasteiger charge is -2.59. The summed E-state index contributed by atoms with van der Waals surface area (Å²) in [5.41, 5.74) is 0.791. The number of allylic oxidation sites excluding steroid dienone is 1. The Morgan fingerprint density at radius 1 is 1.09 bits per heavy atom. The second-order valence-corrected chi connectivity index (χ2v) is 12.1. The highest BCUT2D eigenvalue weighted by atomic mass is 35.5. The number of aliphatic hydroxyl groups is 2. The molecule has 8 atom stereocenters. The molecule has 0 spiro atoms. The summed E-state index contributed by atoms with van der Waals surface area (Å²) in [5, 5.41) is 22.8. The Balaban J connectivity index is 1.37. The molecule has 0 heterocycles. The van der Waals surface area contributed by atoms with E-state index in [1.54, 1.807) is 24.3 Å². The number of aliphatic hydroxyl groups excluding tert-OH is 1. The largest absolute Gasteiger partial charge is 0.456 e. The summed E-state index contributed by atoms with van der Waals surface area (Å²) in [6, 6.07) is 6.70. The van der Waals surface area contributed by atoms with Crippen LogP contribution in [0.25, 0.3) is 0 Å². The molecule has 33 heavy (non-hydrogen) atoms. The molecule has 3 fully saturated rings. The van der Waals surface area contributed by atoms with Crippen molar-refractivity contribution in [1.82, 2.24) is 0 Å². The lowest BCUT2D eigenvalue weighted by atomic mass is 9.46. The minimum atomic E-state index is -1.03. The van der Waals surface area contributed by atoms with E-state index in [2.05, 4.69) is 19.9 Å². The average molecular weight is 473 g/mol. The number of halogens is 1. The zero-order valence-electron chi connectivity index (χ0n) is 20.0. The van der Waals surface area contributed by atoms with Gasteiger partial charge in [-0.15, -0.1) is 0 Å². The van der Waals surface area contributed by atoms with Crippen molar-refractivity contribution in [3.8, 4) is 0 Å². The molecule has 0 bridgehead atoms. The maximum Gasteiger partial charge on any atom is 0.338 e. The van der Waals surface area contributed by atoms with E-state index in [9.17, 15) is 15.0 Å². The molecular weight excluding hydrogens is 436 g/mol. The SMILES string of the molecule is C[C@@H](OC(=O)c1ccc(Cl)cc1)[C@@]1(O)CC[C@H]2[C@@H]3CC=C4C[C@@H](O)CC[C@]4(C)[C@H]3CC[C@@]21C. The van der Waals surface area contributed by atoms with Crippen molar-refractivity contribution in [3.05, 3.63) is 46.5 Å². The molecule has 1 aromatic carbocycles. The normalized spacial score (nSPS) is 43.0. The van der Waals surface area contributed by atoms with Crippen molar-refractivity contribution < 1.29 is 19.7 Å². The molecule has 4 nitrogen and oxygen atoms in total. The van der Waals surface area contributed by atoms with E-state index in [1.165, 1.54) is 5.57 Å². The van der Waals surface area contributed by atoms with E-state index in [0.29, 0.717) is 34.8 Å². The molecule has 0 radical (unpaired) electrons. The summed E-state index contributed by atoms with van der Waals surface area (Å²) in [6.45, 7) is 6.51. The fraction of sp³-hybridized carbons (Fsp3) is 0.679. The molecule has 5 heteroatoms. The second kappa shape index (κ2) is 8.10. The van der Waals surface area contributed by atoms with E-state index >= 15 is 0 Å². The van der Waals surface area contributed by atoms with Gasteiger partial charge in [0, 0.05) is 10.4 Å². The molecule has 4 aliphatic carbocycles. The zero-order valence-corrected chi connectivity index (χ0v) is 20.8. The minimum absolute atomic E-state index is 0.177. The van der Waals surface area contributed by atoms with Gasteiger partial charge >= 0.3 is 5.97 Å². The Hall–Kier alpha value is -1.36. The highest BCUT2D eigenvalue weighted by molar-refractivity contribution is 6.30. The summed E-state index contributed by atoms with van der Waals surface area (Å²) in [5.74, 6) is 1.16. The number of ether oxygens (including phenoxy) is 1. The van der Waals surface area contributed by atoms with Crippen molar-refractivity contribution in [2.24, 2.45) is 28.6 Å². The molecule has 0 amide bonds. The van der Waals surface area contributed by atoms with Crippen LogP contribution in [0.5, 0.6) is 0 Å². The Morgan fingerprint density at radius 2 is 1.79 bits per heavy atom. The molecule has 0 saturated heterocycles. The topological polar surface area (TPSA) is 66.8 Å². The average Bonchev–Trinajstić information content (AvgIpc) is 3.06. The van der Waals surface area contributed by atoms with E-state index in [4.69, 9.17) is 16.3 Å². The molecule has 0 unspecified atom stereocenters. The molecule has 4 aliphatic rings. The van der Waals surface area contributed by atoms with E-state index in [1.807, 2.05) is 6.92 Å². The van der Waals surface area contributed by atoms with E-state index < -0.39 is 17.7 Å². The van der Waals surface area contributed by atoms with Crippen LogP contribution in [0.4, 0.5) is 0 Å². The predicted molar refractivity (Wildman–Crippen MR) is 129 cm³/mol. The molecule has 0 aliphatic heterocycles. The summed E-state index contributed by atoms with van der Waals surface area (Å²) >= 11 is 5.95. The first-order valence-electron chi connectivity index (χ1n) is 12.6. The van der Waals surface area contributed by atoms with Gasteiger partial charge in [0.05, 0.1) is 11.7 Å². The van der Waals surface area contributed by atoms with E-state index in [-0.39, 0.29) is 16.9 Å². The molecule has 1 aromatic rings. The Morgan fingerprint density at radius 3 is 2.52 bits per heavy atom. The second-order valence-electron chi connectivity index (χ2n) is 11.6. The van der Waals surface area contributed by atoms with Crippen LogP contribution in [0.15, 0.2) is 35.9 Å². The number of rotatable bonds is 3. The smallest absolute Gasteiger partial charge is 0.338 e. The van der Waals surface area contributed by atoms with Crippen LogP contribution in [-0.4, -0.2) is 34.0 Å². The number of carbonyl (C=O) groups is 1. The van der Waals surface area contributed by atoms with Gasteiger partial charge in [-0.3, -0.25) is 0 Å². The first-order chi connectivity index (χ1) is 15.6. The highest BCUT2D eigenvalue weighted by Gasteiger charge is 2.65. The molecular formula is C28H37ClO4. The number of hydrogen-bond donors (Lipinski definition) is 2. The van der Waals surface area contributed by atoms with Gasteiger partial charge in [0.1, 0.15) is 11.7 Å². The van der Waals surface area contributed by atoms with Gasteiger partial charge in [0.2, 0.25) is 0 Å². The molecule has 5 rings (SSSR count). The summed E-state index contributed by atoms with van der Waals surface area (Å²) < 4.78 is 5.86. The first-order valence-corrected chi connectivity index (χ1v) is 13.0. The molecule has 180 valence electrons. The standard InChI is InChI=1S/C28H37ClO4/c1-17(33-25(31)18-4-7-20(29)8-5-18)28(32)15-12-24-22-9-6-19-16-21(30)10-13-26(19,2)23(22)11-14-27(24,28)3/h4-8,17,21-24,30,32H,9-16H2,1-3H3/t17-,21+,22-,23+,24+,26+,27+,28+/m1/s1. The Kier molecular flexibility index (Phi) is 5.74. The monoisotopic (exact) mass is 472 g/mol. The van der Waals surface area contributed by atoms with Crippen LogP contribution in [0.3, 0.4) is 0 Å². The van der Waals surface area contributed by atoms with Crippen LogP contribution in [0.1, 0.15) is 82.5 Å². The molecule has 2 N–H and O–H groups in total. The van der Waals surface area contributed by atoms with Crippen LogP contribution < -0.4 is 0 Å². The predicted octanol–water partition coefficient (Wildman–Crippen LogP) is 5.94. The third kappa shape index (κ3) is 3.51. The fourth-order valence-corrected chi connectivity index (χ4v) is 8.40. The van der Waals surface area contributed by atoms with Gasteiger partial charge in [-0.05, 0) is 106 Å². The number of carbonyl (C=O) groups excluding carboxylic acids is 1. The van der Waals surface area contributed by atoms with Crippen LogP contribution in [0.2, 0.25) is 5.02 Å². The summed E-state index contributed by atoms with van der Waals surface area (Å²) in [6.07, 6.45) is 9.12. The van der Waals surface area contributed by atoms with Gasteiger partial charge in [-0.1, -0.05) is 37.1 Å². The molecule has 0 aromatic heterocycles. The third-order valence-electron chi connectivity index (χ3n) is 10.3. The quantitative estimate of drug-likeness (QED) is 0.422. The maximum atomic E-state index is 12.8. The minimum Gasteiger partial charge on any atom is -0.456 e. The Labute approximate surface area is 202 Å². The van der Waals surface area contributed by atoms with Crippen molar-refractivity contribution in [3.63, 3.8) is 0 Å². The highest BCUT2D eigenvalue weighted by Crippen LogP contribution is 2.67. The van der Waals surface area contributed by atoms with Gasteiger partial charge in [0.25, 0.3) is 0 Å². The van der Waals surface area contributed by atoms with Gasteiger partial charge < -0.3 is 14.9 Å². The number of benzene rings is 1. The Bertz CT molecular complexity index is 957. The number of fused-ring (bicyclic) bond motifs is 5. The lowest BCUT2D eigenvalue weighted by molar-refractivity contribution is -0.171. The van der Waals surface area contributed by atoms with Crippen molar-refractivity contribution >= 4 is 17.6 Å². The number of esters is 1. The van der Waals surface area contributed by atoms with Crippen LogP contribution in [0, 0.1) is 28.6 Å². The zero-order chi connectivity index (χ0) is 23.6. The lowest BCUT2D eigenvalue weighted by Crippen LogP contribution is -2.58. The summed E-state index contributed by atoms with van der Waals surface area (Å²) in [4.78, 5) is 12.8. The van der Waals surface area contributed by atoms with Gasteiger partial charge in [-0.2, -0.15) is 0 Å². The number of hydrogen-bond acceptors (Lipinski definition) is 4.